The van der Waals surface area contributed by atoms with Gasteiger partial charge in [-0.2, -0.15) is 0 Å². The van der Waals surface area contributed by atoms with E-state index in [0.29, 0.717) is 15.8 Å². The first-order valence-electron chi connectivity index (χ1n) is 6.15. The molecular weight excluding hydrogens is 323 g/mol. The van der Waals surface area contributed by atoms with Crippen molar-refractivity contribution >= 4 is 33.2 Å². The number of hydrogen-bond donors (Lipinski definition) is 2. The highest BCUT2D eigenvalue weighted by Crippen LogP contribution is 2.38. The maximum atomic E-state index is 13.5. The summed E-state index contributed by atoms with van der Waals surface area (Å²) in [5.74, 6) is -0.618. The number of fused-ring (bicyclic) bond motifs is 1. The van der Waals surface area contributed by atoms with E-state index in [-0.39, 0.29) is 5.91 Å². The molecule has 5 heteroatoms. The number of rotatable bonds is 1. The van der Waals surface area contributed by atoms with Gasteiger partial charge in [0.2, 0.25) is 0 Å². The van der Waals surface area contributed by atoms with Gasteiger partial charge in [0.1, 0.15) is 11.4 Å². The molecule has 1 heterocycles. The lowest BCUT2D eigenvalue weighted by atomic mass is 9.88. The number of hydrogen-bond acceptors (Lipinski definition) is 2. The van der Waals surface area contributed by atoms with Crippen LogP contribution in [0.2, 0.25) is 0 Å². The molecule has 20 heavy (non-hydrogen) atoms. The van der Waals surface area contributed by atoms with Crippen molar-refractivity contribution in [2.75, 3.05) is 10.6 Å². The van der Waals surface area contributed by atoms with E-state index in [1.54, 1.807) is 13.0 Å². The molecule has 0 saturated heterocycles. The normalized spacial score (nSPS) is 20.9. The van der Waals surface area contributed by atoms with Gasteiger partial charge >= 0.3 is 0 Å². The molecule has 0 aliphatic carbocycles. The van der Waals surface area contributed by atoms with Crippen LogP contribution in [0.25, 0.3) is 0 Å². The Balaban J connectivity index is 2.09. The molecule has 2 aromatic rings. The van der Waals surface area contributed by atoms with Crippen molar-refractivity contribution in [3.8, 4) is 0 Å². The molecule has 1 atom stereocenters. The molecular formula is C15H12BrFN2O. The maximum absolute atomic E-state index is 13.5. The Hall–Kier alpha value is -1.88. The minimum Gasteiger partial charge on any atom is -0.366 e. The van der Waals surface area contributed by atoms with E-state index >= 15 is 0 Å². The molecule has 1 aliphatic rings. The molecule has 102 valence electrons. The molecule has 2 N–H and O–H groups in total. The van der Waals surface area contributed by atoms with Gasteiger partial charge in [-0.05, 0) is 34.5 Å². The van der Waals surface area contributed by atoms with E-state index in [1.807, 2.05) is 30.3 Å². The zero-order valence-corrected chi connectivity index (χ0v) is 12.3. The van der Waals surface area contributed by atoms with Crippen LogP contribution >= 0.6 is 15.9 Å². The van der Waals surface area contributed by atoms with Crippen molar-refractivity contribution in [2.24, 2.45) is 0 Å². The average Bonchev–Trinajstić information content (AvgIpc) is 2.44. The first-order chi connectivity index (χ1) is 9.50. The number of benzene rings is 2. The van der Waals surface area contributed by atoms with Crippen LogP contribution in [0.5, 0.6) is 0 Å². The molecule has 0 spiro atoms. The van der Waals surface area contributed by atoms with Crippen LogP contribution in [0.3, 0.4) is 0 Å². The lowest BCUT2D eigenvalue weighted by molar-refractivity contribution is -0.120. The van der Waals surface area contributed by atoms with Gasteiger partial charge in [-0.1, -0.05) is 30.3 Å². The zero-order valence-electron chi connectivity index (χ0n) is 10.7. The molecule has 0 radical (unpaired) electrons. The van der Waals surface area contributed by atoms with Gasteiger partial charge < -0.3 is 10.6 Å². The van der Waals surface area contributed by atoms with Crippen molar-refractivity contribution in [1.82, 2.24) is 0 Å². The second-order valence-electron chi connectivity index (χ2n) is 4.88. The lowest BCUT2D eigenvalue weighted by Gasteiger charge is -2.36. The predicted molar refractivity (Wildman–Crippen MR) is 80.1 cm³/mol. The fourth-order valence-corrected chi connectivity index (χ4v) is 2.65. The van der Waals surface area contributed by atoms with Crippen LogP contribution in [0.15, 0.2) is 46.9 Å². The molecule has 1 amide bonds. The second-order valence-corrected chi connectivity index (χ2v) is 5.74. The summed E-state index contributed by atoms with van der Waals surface area (Å²) in [6, 6.07) is 12.4. The fraction of sp³-hybridized carbons (Fsp3) is 0.133. The highest BCUT2D eigenvalue weighted by Gasteiger charge is 2.39. The Morgan fingerprint density at radius 3 is 2.55 bits per heavy atom. The SMILES string of the molecule is CC1(c2ccccc2)Nc2cc(Br)c(F)cc2NC1=O. The van der Waals surface area contributed by atoms with Crippen molar-refractivity contribution < 1.29 is 9.18 Å². The van der Waals surface area contributed by atoms with E-state index in [2.05, 4.69) is 26.6 Å². The summed E-state index contributed by atoms with van der Waals surface area (Å²) in [4.78, 5) is 12.4. The van der Waals surface area contributed by atoms with Gasteiger partial charge in [0.05, 0.1) is 15.8 Å². The van der Waals surface area contributed by atoms with Crippen LogP contribution < -0.4 is 10.6 Å². The summed E-state index contributed by atoms with van der Waals surface area (Å²) in [7, 11) is 0. The van der Waals surface area contributed by atoms with E-state index in [0.717, 1.165) is 5.56 Å². The lowest BCUT2D eigenvalue weighted by Crippen LogP contribution is -2.47. The number of halogens is 2. The third-order valence-electron chi connectivity index (χ3n) is 3.50. The standard InChI is InChI=1S/C15H12BrFN2O/c1-15(9-5-3-2-4-6-9)14(20)18-12-8-11(17)10(16)7-13(12)19-15/h2-8,19H,1H3,(H,18,20). The van der Waals surface area contributed by atoms with Crippen LogP contribution in [0.4, 0.5) is 15.8 Å². The molecule has 3 rings (SSSR count). The summed E-state index contributed by atoms with van der Waals surface area (Å²) < 4.78 is 13.9. The van der Waals surface area contributed by atoms with Crippen LogP contribution in [0, 0.1) is 5.82 Å². The molecule has 2 aromatic carbocycles. The van der Waals surface area contributed by atoms with Crippen molar-refractivity contribution in [1.29, 1.82) is 0 Å². The van der Waals surface area contributed by atoms with Gasteiger partial charge in [0, 0.05) is 6.07 Å². The Labute approximate surface area is 124 Å². The summed E-state index contributed by atoms with van der Waals surface area (Å²) in [6.45, 7) is 1.80. The quantitative estimate of drug-likeness (QED) is 0.831. The number of amides is 1. The third-order valence-corrected chi connectivity index (χ3v) is 4.11. The van der Waals surface area contributed by atoms with Crippen LogP contribution in [-0.2, 0) is 10.3 Å². The number of nitrogens with one attached hydrogen (secondary N) is 2. The summed E-state index contributed by atoms with van der Waals surface area (Å²) in [5.41, 5.74) is 1.10. The maximum Gasteiger partial charge on any atom is 0.254 e. The van der Waals surface area contributed by atoms with Crippen LogP contribution in [-0.4, -0.2) is 5.91 Å². The Kier molecular flexibility index (Phi) is 3.01. The fourth-order valence-electron chi connectivity index (χ4n) is 2.30. The molecule has 0 saturated carbocycles. The highest BCUT2D eigenvalue weighted by molar-refractivity contribution is 9.10. The molecule has 3 nitrogen and oxygen atoms in total. The van der Waals surface area contributed by atoms with Gasteiger partial charge in [0.25, 0.3) is 5.91 Å². The monoisotopic (exact) mass is 334 g/mol. The minimum absolute atomic E-state index is 0.210. The van der Waals surface area contributed by atoms with Crippen molar-refractivity contribution in [2.45, 2.75) is 12.5 Å². The van der Waals surface area contributed by atoms with Gasteiger partial charge in [-0.15, -0.1) is 0 Å². The first-order valence-corrected chi connectivity index (χ1v) is 6.94. The van der Waals surface area contributed by atoms with E-state index in [1.165, 1.54) is 6.07 Å². The zero-order chi connectivity index (χ0) is 14.3. The average molecular weight is 335 g/mol. The van der Waals surface area contributed by atoms with Gasteiger partial charge in [-0.25, -0.2) is 4.39 Å². The molecule has 1 unspecified atom stereocenters. The first kappa shape index (κ1) is 13.1. The van der Waals surface area contributed by atoms with E-state index < -0.39 is 11.4 Å². The number of carbonyl (C=O) groups excluding carboxylic acids is 1. The third kappa shape index (κ3) is 1.98. The molecule has 1 aliphatic heterocycles. The topological polar surface area (TPSA) is 41.1 Å². The Morgan fingerprint density at radius 1 is 1.15 bits per heavy atom. The predicted octanol–water partition coefficient (Wildman–Crippen LogP) is 3.87. The second kappa shape index (κ2) is 4.59. The van der Waals surface area contributed by atoms with Crippen LogP contribution in [0.1, 0.15) is 12.5 Å². The largest absolute Gasteiger partial charge is 0.366 e. The number of carbonyl (C=O) groups is 1. The van der Waals surface area contributed by atoms with Gasteiger partial charge in [-0.3, -0.25) is 4.79 Å². The van der Waals surface area contributed by atoms with Crippen molar-refractivity contribution in [3.05, 3.63) is 58.3 Å². The van der Waals surface area contributed by atoms with Crippen molar-refractivity contribution in [3.63, 3.8) is 0 Å². The summed E-state index contributed by atoms with van der Waals surface area (Å²) in [5, 5.41) is 5.95. The molecule has 0 fully saturated rings. The van der Waals surface area contributed by atoms with E-state index in [9.17, 15) is 9.18 Å². The summed E-state index contributed by atoms with van der Waals surface area (Å²) in [6.07, 6.45) is 0. The summed E-state index contributed by atoms with van der Waals surface area (Å²) >= 11 is 3.16. The smallest absolute Gasteiger partial charge is 0.254 e. The minimum atomic E-state index is -0.883. The Morgan fingerprint density at radius 2 is 1.85 bits per heavy atom. The molecule has 0 aromatic heterocycles. The highest BCUT2D eigenvalue weighted by atomic mass is 79.9. The van der Waals surface area contributed by atoms with Gasteiger partial charge in [0.15, 0.2) is 0 Å². The van der Waals surface area contributed by atoms with E-state index in [4.69, 9.17) is 0 Å². The molecule has 0 bridgehead atoms. The number of anilines is 2. The Bertz CT molecular complexity index is 690.